The Balaban J connectivity index is 2.49. The predicted octanol–water partition coefficient (Wildman–Crippen LogP) is 1.76. The molecule has 0 saturated heterocycles. The molecular formula is C9H6F5N5. The van der Waals surface area contributed by atoms with Gasteiger partial charge in [0.25, 0.3) is 0 Å². The Bertz CT molecular complexity index is 606. The number of halogens is 5. The number of alkyl halides is 3. The number of hydrogen-bond acceptors (Lipinski definition) is 4. The molecule has 2 N–H and O–H groups in total. The van der Waals surface area contributed by atoms with E-state index in [1.54, 1.807) is 0 Å². The number of anilines is 1. The number of nitrogens with two attached hydrogens (primary N) is 1. The molecule has 2 aromatic rings. The van der Waals surface area contributed by atoms with Gasteiger partial charge in [-0.25, -0.2) is 13.5 Å². The number of tetrazole rings is 1. The van der Waals surface area contributed by atoms with Crippen LogP contribution in [0.1, 0.15) is 0 Å². The van der Waals surface area contributed by atoms with Gasteiger partial charge in [0.2, 0.25) is 0 Å². The Morgan fingerprint density at radius 1 is 1.16 bits per heavy atom. The van der Waals surface area contributed by atoms with Crippen LogP contribution in [0.3, 0.4) is 0 Å². The number of hydrogen-bond donors (Lipinski definition) is 1. The summed E-state index contributed by atoms with van der Waals surface area (Å²) in [5, 5.41) is 9.43. The van der Waals surface area contributed by atoms with E-state index in [2.05, 4.69) is 15.5 Å². The van der Waals surface area contributed by atoms with E-state index in [-0.39, 0.29) is 0 Å². The molecule has 19 heavy (non-hydrogen) atoms. The highest BCUT2D eigenvalue weighted by Crippen LogP contribution is 2.26. The normalized spacial score (nSPS) is 11.8. The molecule has 0 aliphatic heterocycles. The molecule has 0 amide bonds. The van der Waals surface area contributed by atoms with E-state index in [0.29, 0.717) is 10.7 Å². The molecule has 5 nitrogen and oxygen atoms in total. The fourth-order valence-electron chi connectivity index (χ4n) is 1.41. The second-order valence-corrected chi connectivity index (χ2v) is 3.63. The molecule has 1 heterocycles. The summed E-state index contributed by atoms with van der Waals surface area (Å²) < 4.78 is 63.6. The van der Waals surface area contributed by atoms with Gasteiger partial charge in [0.1, 0.15) is 18.2 Å². The van der Waals surface area contributed by atoms with Crippen molar-refractivity contribution in [2.45, 2.75) is 12.7 Å². The van der Waals surface area contributed by atoms with Crippen molar-refractivity contribution in [3.8, 4) is 11.4 Å². The van der Waals surface area contributed by atoms with Crippen molar-refractivity contribution in [1.29, 1.82) is 0 Å². The first-order valence-electron chi connectivity index (χ1n) is 4.86. The maximum Gasteiger partial charge on any atom is 0.408 e. The van der Waals surface area contributed by atoms with Gasteiger partial charge >= 0.3 is 6.18 Å². The van der Waals surface area contributed by atoms with Gasteiger partial charge < -0.3 is 5.73 Å². The van der Waals surface area contributed by atoms with Crippen LogP contribution in [0.5, 0.6) is 0 Å². The summed E-state index contributed by atoms with van der Waals surface area (Å²) in [5.41, 5.74) is 4.40. The van der Waals surface area contributed by atoms with Gasteiger partial charge in [0.05, 0.1) is 11.3 Å². The minimum absolute atomic E-state index is 0.357. The van der Waals surface area contributed by atoms with Crippen LogP contribution in [-0.2, 0) is 6.54 Å². The average molecular weight is 279 g/mol. The summed E-state index contributed by atoms with van der Waals surface area (Å²) in [4.78, 5) is 0. The first kappa shape index (κ1) is 13.2. The molecule has 1 aromatic heterocycles. The van der Waals surface area contributed by atoms with E-state index in [1.165, 1.54) is 0 Å². The second kappa shape index (κ2) is 4.44. The van der Waals surface area contributed by atoms with Gasteiger partial charge in [-0.15, -0.1) is 5.10 Å². The van der Waals surface area contributed by atoms with Gasteiger partial charge in [-0.05, 0) is 16.5 Å². The highest BCUT2D eigenvalue weighted by molar-refractivity contribution is 5.62. The minimum Gasteiger partial charge on any atom is -0.396 e. The minimum atomic E-state index is -4.58. The van der Waals surface area contributed by atoms with E-state index in [1.807, 2.05) is 0 Å². The zero-order valence-corrected chi connectivity index (χ0v) is 9.12. The lowest BCUT2D eigenvalue weighted by atomic mass is 10.1. The first-order valence-corrected chi connectivity index (χ1v) is 4.86. The van der Waals surface area contributed by atoms with Crippen molar-refractivity contribution in [3.63, 3.8) is 0 Å². The summed E-state index contributed by atoms with van der Waals surface area (Å²) in [5.74, 6) is -2.61. The topological polar surface area (TPSA) is 69.6 Å². The van der Waals surface area contributed by atoms with Gasteiger partial charge in [-0.3, -0.25) is 0 Å². The summed E-state index contributed by atoms with van der Waals surface area (Å²) >= 11 is 0. The van der Waals surface area contributed by atoms with Crippen LogP contribution >= 0.6 is 0 Å². The van der Waals surface area contributed by atoms with Crippen LogP contribution in [0.2, 0.25) is 0 Å². The third kappa shape index (κ3) is 2.77. The van der Waals surface area contributed by atoms with Crippen molar-refractivity contribution in [3.05, 3.63) is 23.8 Å². The third-order valence-electron chi connectivity index (χ3n) is 2.19. The monoisotopic (exact) mass is 279 g/mol. The van der Waals surface area contributed by atoms with Crippen LogP contribution < -0.4 is 5.73 Å². The Hall–Kier alpha value is -2.26. The fourth-order valence-corrected chi connectivity index (χ4v) is 1.41. The first-order chi connectivity index (χ1) is 8.78. The largest absolute Gasteiger partial charge is 0.408 e. The smallest absolute Gasteiger partial charge is 0.396 e. The van der Waals surface area contributed by atoms with Crippen LogP contribution in [0.25, 0.3) is 11.4 Å². The van der Waals surface area contributed by atoms with Crippen LogP contribution in [0.4, 0.5) is 27.6 Å². The molecule has 0 aliphatic carbocycles. The molecule has 0 spiro atoms. The lowest BCUT2D eigenvalue weighted by Crippen LogP contribution is -2.19. The van der Waals surface area contributed by atoms with Crippen LogP contribution in [-0.4, -0.2) is 26.4 Å². The van der Waals surface area contributed by atoms with Crippen molar-refractivity contribution in [2.75, 3.05) is 5.73 Å². The van der Waals surface area contributed by atoms with E-state index < -0.39 is 41.4 Å². The third-order valence-corrected chi connectivity index (χ3v) is 2.19. The highest BCUT2D eigenvalue weighted by atomic mass is 19.4. The molecular weight excluding hydrogens is 273 g/mol. The molecule has 1 aromatic carbocycles. The number of nitrogen functional groups attached to an aromatic ring is 1. The summed E-state index contributed by atoms with van der Waals surface area (Å²) in [6.07, 6.45) is -4.58. The van der Waals surface area contributed by atoms with Crippen LogP contribution in [0.15, 0.2) is 12.1 Å². The van der Waals surface area contributed by atoms with Crippen molar-refractivity contribution in [1.82, 2.24) is 20.2 Å². The fraction of sp³-hybridized carbons (Fsp3) is 0.222. The SMILES string of the molecule is Nc1cc(-c2nnnn2CC(F)(F)F)c(F)cc1F. The zero-order valence-electron chi connectivity index (χ0n) is 9.12. The van der Waals surface area contributed by atoms with E-state index >= 15 is 0 Å². The molecule has 0 saturated carbocycles. The molecule has 0 atom stereocenters. The molecule has 2 rings (SSSR count). The predicted molar refractivity (Wildman–Crippen MR) is 53.6 cm³/mol. The summed E-state index contributed by atoms with van der Waals surface area (Å²) in [6, 6.07) is 1.29. The van der Waals surface area contributed by atoms with Crippen molar-refractivity contribution >= 4 is 5.69 Å². The summed E-state index contributed by atoms with van der Waals surface area (Å²) in [7, 11) is 0. The Morgan fingerprint density at radius 2 is 1.84 bits per heavy atom. The van der Waals surface area contributed by atoms with E-state index in [4.69, 9.17) is 5.73 Å². The Morgan fingerprint density at radius 3 is 2.47 bits per heavy atom. The van der Waals surface area contributed by atoms with E-state index in [0.717, 1.165) is 6.07 Å². The van der Waals surface area contributed by atoms with Crippen molar-refractivity contribution in [2.24, 2.45) is 0 Å². The van der Waals surface area contributed by atoms with E-state index in [9.17, 15) is 22.0 Å². The number of aromatic nitrogens is 4. The molecule has 10 heteroatoms. The van der Waals surface area contributed by atoms with Gasteiger partial charge in [0, 0.05) is 6.07 Å². The molecule has 0 aliphatic rings. The number of rotatable bonds is 2. The Labute approximate surface area is 102 Å². The average Bonchev–Trinajstić information content (AvgIpc) is 2.69. The molecule has 0 bridgehead atoms. The lowest BCUT2D eigenvalue weighted by molar-refractivity contribution is -0.142. The van der Waals surface area contributed by atoms with Gasteiger partial charge in [0.15, 0.2) is 5.82 Å². The lowest BCUT2D eigenvalue weighted by Gasteiger charge is -2.09. The van der Waals surface area contributed by atoms with Crippen molar-refractivity contribution < 1.29 is 22.0 Å². The zero-order chi connectivity index (χ0) is 14.2. The molecule has 0 fully saturated rings. The standard InChI is InChI=1S/C9H6F5N5/c10-5-2-6(11)7(15)1-4(5)8-16-17-18-19(8)3-9(12,13)14/h1-2H,3,15H2. The molecule has 0 unspecified atom stereocenters. The number of benzene rings is 1. The van der Waals surface area contributed by atoms with Gasteiger partial charge in [-0.1, -0.05) is 0 Å². The quantitative estimate of drug-likeness (QED) is 0.671. The number of nitrogens with zero attached hydrogens (tertiary/aromatic N) is 4. The Kier molecular flexibility index (Phi) is 3.08. The highest BCUT2D eigenvalue weighted by Gasteiger charge is 2.31. The maximum atomic E-state index is 13.5. The van der Waals surface area contributed by atoms with Crippen LogP contribution in [0, 0.1) is 11.6 Å². The maximum absolute atomic E-state index is 13.5. The summed E-state index contributed by atoms with van der Waals surface area (Å²) in [6.45, 7) is -1.49. The molecule has 102 valence electrons. The second-order valence-electron chi connectivity index (χ2n) is 3.63. The molecule has 0 radical (unpaired) electrons. The van der Waals surface area contributed by atoms with Gasteiger partial charge in [-0.2, -0.15) is 13.2 Å².